The Morgan fingerprint density at radius 1 is 1.14 bits per heavy atom. The topological polar surface area (TPSA) is 104 Å². The van der Waals surface area contributed by atoms with Crippen LogP contribution in [0.15, 0.2) is 35.2 Å². The van der Waals surface area contributed by atoms with Crippen molar-refractivity contribution in [2.75, 3.05) is 0 Å². The van der Waals surface area contributed by atoms with E-state index in [2.05, 4.69) is 15.6 Å². The summed E-state index contributed by atoms with van der Waals surface area (Å²) in [7, 11) is -3.97. The van der Waals surface area contributed by atoms with Gasteiger partial charge in [-0.25, -0.2) is 8.42 Å². The molecule has 3 N–H and O–H groups in total. The summed E-state index contributed by atoms with van der Waals surface area (Å²) in [5, 5.41) is 0.272. The molecule has 1 aromatic carbocycles. The molecule has 0 saturated carbocycles. The fraction of sp³-hybridized carbons (Fsp3) is 0.368. The number of carbonyl (C=O) groups is 2. The van der Waals surface area contributed by atoms with E-state index in [1.54, 1.807) is 19.9 Å². The number of benzene rings is 1. The van der Waals surface area contributed by atoms with Gasteiger partial charge in [0, 0.05) is 9.90 Å². The van der Waals surface area contributed by atoms with E-state index >= 15 is 0 Å². The minimum atomic E-state index is -3.97. The summed E-state index contributed by atoms with van der Waals surface area (Å²) in [6.45, 7) is 3.41. The van der Waals surface area contributed by atoms with Crippen molar-refractivity contribution in [2.24, 2.45) is 5.92 Å². The van der Waals surface area contributed by atoms with Gasteiger partial charge in [0.25, 0.3) is 11.8 Å². The van der Waals surface area contributed by atoms with Gasteiger partial charge >= 0.3 is 0 Å². The number of aryl methyl sites for hydroxylation is 2. The molecule has 29 heavy (non-hydrogen) atoms. The third-order valence-corrected chi connectivity index (χ3v) is 7.52. The molecule has 156 valence electrons. The lowest BCUT2D eigenvalue weighted by atomic mass is 10.1. The molecule has 10 heteroatoms. The minimum Gasteiger partial charge on any atom is -0.271 e. The quantitative estimate of drug-likeness (QED) is 0.582. The van der Waals surface area contributed by atoms with Crippen LogP contribution in [0.25, 0.3) is 0 Å². The Morgan fingerprint density at radius 3 is 2.55 bits per heavy atom. The van der Waals surface area contributed by atoms with Crippen LogP contribution >= 0.6 is 22.9 Å². The van der Waals surface area contributed by atoms with Gasteiger partial charge in [-0.05, 0) is 55.0 Å². The number of halogens is 1. The molecule has 1 aliphatic rings. The highest BCUT2D eigenvalue weighted by Crippen LogP contribution is 2.30. The zero-order chi connectivity index (χ0) is 21.2. The summed E-state index contributed by atoms with van der Waals surface area (Å²) < 4.78 is 27.6. The standard InChI is InChI=1S/C19H22ClN3O4S2/c1-11(2)17(23-29(26,27)14-7-4-6-13(20)10-14)19(25)22-21-18(24)16-9-12-5-3-8-15(12)28-16/h4,6-7,9-11,17,23H,3,5,8H2,1-2H3,(H,21,24)(H,22,25)/t17-/m0/s1. The third-order valence-electron chi connectivity index (χ3n) is 4.61. The lowest BCUT2D eigenvalue weighted by Gasteiger charge is -2.21. The van der Waals surface area contributed by atoms with Crippen LogP contribution in [0.3, 0.4) is 0 Å². The lowest BCUT2D eigenvalue weighted by Crippen LogP contribution is -2.54. The molecule has 0 aliphatic heterocycles. The zero-order valence-electron chi connectivity index (χ0n) is 16.0. The first-order chi connectivity index (χ1) is 13.7. The van der Waals surface area contributed by atoms with Crippen molar-refractivity contribution in [2.45, 2.75) is 44.0 Å². The average molecular weight is 456 g/mol. The Morgan fingerprint density at radius 2 is 1.90 bits per heavy atom. The molecule has 0 bridgehead atoms. The number of hydrogen-bond acceptors (Lipinski definition) is 5. The van der Waals surface area contributed by atoms with Gasteiger partial charge in [0.1, 0.15) is 6.04 Å². The molecule has 1 heterocycles. The van der Waals surface area contributed by atoms with E-state index in [4.69, 9.17) is 11.6 Å². The van der Waals surface area contributed by atoms with Crippen LogP contribution in [-0.2, 0) is 27.7 Å². The van der Waals surface area contributed by atoms with E-state index in [9.17, 15) is 18.0 Å². The fourth-order valence-corrected chi connectivity index (χ4v) is 5.85. The maximum Gasteiger partial charge on any atom is 0.279 e. The lowest BCUT2D eigenvalue weighted by molar-refractivity contribution is -0.124. The maximum absolute atomic E-state index is 12.6. The van der Waals surface area contributed by atoms with Crippen LogP contribution in [0.1, 0.15) is 40.4 Å². The number of sulfonamides is 1. The molecule has 0 saturated heterocycles. The van der Waals surface area contributed by atoms with Crippen LogP contribution in [0.5, 0.6) is 0 Å². The second kappa shape index (κ2) is 8.83. The van der Waals surface area contributed by atoms with Crippen LogP contribution in [0, 0.1) is 5.92 Å². The van der Waals surface area contributed by atoms with Crippen LogP contribution in [-0.4, -0.2) is 26.3 Å². The monoisotopic (exact) mass is 455 g/mol. The first-order valence-electron chi connectivity index (χ1n) is 9.17. The molecule has 0 fully saturated rings. The van der Waals surface area contributed by atoms with E-state index < -0.39 is 27.9 Å². The molecule has 2 amide bonds. The Balaban J connectivity index is 1.65. The summed E-state index contributed by atoms with van der Waals surface area (Å²) in [4.78, 5) is 26.6. The van der Waals surface area contributed by atoms with Crippen molar-refractivity contribution < 1.29 is 18.0 Å². The second-order valence-corrected chi connectivity index (χ2v) is 10.4. The number of thiophene rings is 1. The molecule has 3 rings (SSSR count). The Hall–Kier alpha value is -1.94. The van der Waals surface area contributed by atoms with E-state index in [1.165, 1.54) is 40.0 Å². The van der Waals surface area contributed by atoms with Crippen molar-refractivity contribution in [1.29, 1.82) is 0 Å². The van der Waals surface area contributed by atoms with E-state index in [-0.39, 0.29) is 15.8 Å². The highest BCUT2D eigenvalue weighted by Gasteiger charge is 2.29. The molecular weight excluding hydrogens is 434 g/mol. The highest BCUT2D eigenvalue weighted by molar-refractivity contribution is 7.89. The number of hydrazine groups is 1. The predicted molar refractivity (Wildman–Crippen MR) is 112 cm³/mol. The number of rotatable bonds is 6. The molecule has 7 nitrogen and oxygen atoms in total. The number of hydrogen-bond donors (Lipinski definition) is 3. The molecule has 2 aromatic rings. The highest BCUT2D eigenvalue weighted by atomic mass is 35.5. The maximum atomic E-state index is 12.6. The summed E-state index contributed by atoms with van der Waals surface area (Å²) >= 11 is 7.28. The molecule has 0 radical (unpaired) electrons. The number of nitrogens with one attached hydrogen (secondary N) is 3. The van der Waals surface area contributed by atoms with E-state index in [0.717, 1.165) is 19.3 Å². The van der Waals surface area contributed by atoms with Gasteiger partial charge in [-0.2, -0.15) is 4.72 Å². The van der Waals surface area contributed by atoms with Gasteiger partial charge in [-0.3, -0.25) is 20.4 Å². The van der Waals surface area contributed by atoms with Gasteiger partial charge in [-0.15, -0.1) is 11.3 Å². The van der Waals surface area contributed by atoms with Crippen molar-refractivity contribution in [3.63, 3.8) is 0 Å². The van der Waals surface area contributed by atoms with E-state index in [0.29, 0.717) is 4.88 Å². The molecule has 0 spiro atoms. The van der Waals surface area contributed by atoms with Crippen molar-refractivity contribution >= 4 is 44.8 Å². The molecule has 1 aliphatic carbocycles. The Labute approximate surface area is 178 Å². The molecule has 1 atom stereocenters. The normalized spacial score (nSPS) is 14.5. The van der Waals surface area contributed by atoms with Crippen LogP contribution < -0.4 is 15.6 Å². The second-order valence-electron chi connectivity index (χ2n) is 7.16. The van der Waals surface area contributed by atoms with E-state index in [1.807, 2.05) is 6.07 Å². The third kappa shape index (κ3) is 5.16. The minimum absolute atomic E-state index is 0.0411. The number of carbonyl (C=O) groups excluding carboxylic acids is 2. The largest absolute Gasteiger partial charge is 0.279 e. The smallest absolute Gasteiger partial charge is 0.271 e. The van der Waals surface area contributed by atoms with Crippen molar-refractivity contribution in [3.8, 4) is 0 Å². The van der Waals surface area contributed by atoms with Gasteiger partial charge in [0.2, 0.25) is 10.0 Å². The number of fused-ring (bicyclic) bond motifs is 1. The summed E-state index contributed by atoms with van der Waals surface area (Å²) in [5.74, 6) is -1.42. The van der Waals surface area contributed by atoms with Gasteiger partial charge < -0.3 is 0 Å². The van der Waals surface area contributed by atoms with Crippen molar-refractivity contribution in [1.82, 2.24) is 15.6 Å². The fourth-order valence-electron chi connectivity index (χ4n) is 3.06. The molecular formula is C19H22ClN3O4S2. The Bertz CT molecular complexity index is 1010. The summed E-state index contributed by atoms with van der Waals surface area (Å²) in [6.07, 6.45) is 3.04. The summed E-state index contributed by atoms with van der Waals surface area (Å²) in [6, 6.07) is 6.53. The first kappa shape index (κ1) is 21.8. The van der Waals surface area contributed by atoms with Gasteiger partial charge in [-0.1, -0.05) is 31.5 Å². The van der Waals surface area contributed by atoms with Crippen molar-refractivity contribution in [3.05, 3.63) is 50.7 Å². The SMILES string of the molecule is CC(C)[C@H](NS(=O)(=O)c1cccc(Cl)c1)C(=O)NNC(=O)c1cc2c(s1)CCC2. The number of amides is 2. The summed E-state index contributed by atoms with van der Waals surface area (Å²) in [5.41, 5.74) is 5.88. The average Bonchev–Trinajstić information content (AvgIpc) is 3.26. The molecule has 1 aromatic heterocycles. The predicted octanol–water partition coefficient (Wildman–Crippen LogP) is 2.65. The van der Waals surface area contributed by atoms with Crippen LogP contribution in [0.2, 0.25) is 5.02 Å². The molecule has 0 unspecified atom stereocenters. The Kier molecular flexibility index (Phi) is 6.62. The van der Waals surface area contributed by atoms with Gasteiger partial charge in [0.05, 0.1) is 9.77 Å². The van der Waals surface area contributed by atoms with Gasteiger partial charge in [0.15, 0.2) is 0 Å². The van der Waals surface area contributed by atoms with Crippen LogP contribution in [0.4, 0.5) is 0 Å². The zero-order valence-corrected chi connectivity index (χ0v) is 18.4. The first-order valence-corrected chi connectivity index (χ1v) is 11.8.